The number of ether oxygens (including phenoxy) is 1. The first-order valence-corrected chi connectivity index (χ1v) is 8.99. The van der Waals surface area contributed by atoms with Crippen molar-refractivity contribution < 1.29 is 14.1 Å². The monoisotopic (exact) mass is 414 g/mol. The van der Waals surface area contributed by atoms with E-state index in [0.717, 1.165) is 15.6 Å². The third-order valence-electron chi connectivity index (χ3n) is 4.06. The average Bonchev–Trinajstić information content (AvgIpc) is 3.07. The summed E-state index contributed by atoms with van der Waals surface area (Å²) in [6.07, 6.45) is -0.668. The summed E-state index contributed by atoms with van der Waals surface area (Å²) in [6, 6.07) is 15.1. The molecule has 0 saturated heterocycles. The minimum Gasteiger partial charge on any atom is -0.481 e. The van der Waals surface area contributed by atoms with E-state index in [4.69, 9.17) is 9.26 Å². The second kappa shape index (κ2) is 7.74. The van der Waals surface area contributed by atoms with E-state index in [-0.39, 0.29) is 11.8 Å². The Morgan fingerprint density at radius 3 is 2.54 bits per heavy atom. The first-order valence-electron chi connectivity index (χ1n) is 8.20. The van der Waals surface area contributed by atoms with Gasteiger partial charge in [-0.1, -0.05) is 39.3 Å². The normalized spacial score (nSPS) is 11.8. The lowest BCUT2D eigenvalue weighted by molar-refractivity contribution is -0.122. The molecule has 5 nitrogen and oxygen atoms in total. The number of benzene rings is 2. The van der Waals surface area contributed by atoms with Crippen molar-refractivity contribution in [3.63, 3.8) is 0 Å². The third kappa shape index (κ3) is 4.32. The molecule has 2 aromatic carbocycles. The van der Waals surface area contributed by atoms with Crippen LogP contribution in [0.15, 0.2) is 57.5 Å². The van der Waals surface area contributed by atoms with Crippen molar-refractivity contribution in [2.75, 3.05) is 5.32 Å². The third-order valence-corrected chi connectivity index (χ3v) is 4.59. The van der Waals surface area contributed by atoms with Crippen LogP contribution in [-0.4, -0.2) is 17.2 Å². The molecule has 3 rings (SSSR count). The van der Waals surface area contributed by atoms with Crippen molar-refractivity contribution in [1.29, 1.82) is 0 Å². The van der Waals surface area contributed by atoms with Gasteiger partial charge in [0.2, 0.25) is 5.88 Å². The molecule has 134 valence electrons. The van der Waals surface area contributed by atoms with Crippen molar-refractivity contribution in [2.45, 2.75) is 26.9 Å². The number of aryl methyl sites for hydroxylation is 2. The van der Waals surface area contributed by atoms with Crippen LogP contribution in [0.25, 0.3) is 11.3 Å². The Morgan fingerprint density at radius 1 is 1.12 bits per heavy atom. The highest BCUT2D eigenvalue weighted by molar-refractivity contribution is 9.10. The zero-order valence-corrected chi connectivity index (χ0v) is 16.3. The van der Waals surface area contributed by atoms with Crippen LogP contribution in [0.5, 0.6) is 5.75 Å². The Labute approximate surface area is 160 Å². The summed E-state index contributed by atoms with van der Waals surface area (Å²) in [6.45, 7) is 5.73. The van der Waals surface area contributed by atoms with Gasteiger partial charge < -0.3 is 9.26 Å². The molecule has 3 aromatic rings. The highest BCUT2D eigenvalue weighted by Gasteiger charge is 2.17. The fourth-order valence-corrected chi connectivity index (χ4v) is 2.62. The second-order valence-corrected chi connectivity index (χ2v) is 6.99. The van der Waals surface area contributed by atoms with Crippen LogP contribution in [0.1, 0.15) is 18.1 Å². The van der Waals surface area contributed by atoms with Crippen molar-refractivity contribution in [3.05, 3.63) is 64.1 Å². The second-order valence-electron chi connectivity index (χ2n) is 6.08. The summed E-state index contributed by atoms with van der Waals surface area (Å²) in [5.41, 5.74) is 3.84. The van der Waals surface area contributed by atoms with Gasteiger partial charge in [0.05, 0.1) is 0 Å². The van der Waals surface area contributed by atoms with E-state index in [0.29, 0.717) is 11.4 Å². The molecule has 0 saturated carbocycles. The highest BCUT2D eigenvalue weighted by Crippen LogP contribution is 2.24. The summed E-state index contributed by atoms with van der Waals surface area (Å²) < 4.78 is 11.9. The first-order chi connectivity index (χ1) is 12.4. The van der Waals surface area contributed by atoms with Crippen molar-refractivity contribution in [2.24, 2.45) is 0 Å². The van der Waals surface area contributed by atoms with Crippen LogP contribution in [0.3, 0.4) is 0 Å². The largest absolute Gasteiger partial charge is 0.481 e. The zero-order valence-electron chi connectivity index (χ0n) is 14.7. The smallest absolute Gasteiger partial charge is 0.267 e. The maximum absolute atomic E-state index is 12.3. The molecule has 6 heteroatoms. The number of carbonyl (C=O) groups is 1. The molecule has 0 radical (unpaired) electrons. The molecular weight excluding hydrogens is 396 g/mol. The molecule has 1 N–H and O–H groups in total. The number of hydrogen-bond acceptors (Lipinski definition) is 4. The summed E-state index contributed by atoms with van der Waals surface area (Å²) >= 11 is 3.39. The zero-order chi connectivity index (χ0) is 18.7. The molecule has 1 aromatic heterocycles. The fraction of sp³-hybridized carbons (Fsp3) is 0.200. The molecule has 1 unspecified atom stereocenters. The van der Waals surface area contributed by atoms with Crippen LogP contribution < -0.4 is 10.1 Å². The number of nitrogens with one attached hydrogen (secondary N) is 1. The molecule has 0 aliphatic heterocycles. The lowest BCUT2D eigenvalue weighted by atomic mass is 10.1. The predicted molar refractivity (Wildman–Crippen MR) is 104 cm³/mol. The lowest BCUT2D eigenvalue weighted by Gasteiger charge is -2.14. The van der Waals surface area contributed by atoms with Gasteiger partial charge in [0.1, 0.15) is 11.4 Å². The quantitative estimate of drug-likeness (QED) is 0.628. The summed E-state index contributed by atoms with van der Waals surface area (Å²) in [5, 5.41) is 6.68. The van der Waals surface area contributed by atoms with Crippen molar-refractivity contribution in [1.82, 2.24) is 5.16 Å². The lowest BCUT2D eigenvalue weighted by Crippen LogP contribution is -2.30. The van der Waals surface area contributed by atoms with Gasteiger partial charge in [-0.3, -0.25) is 10.1 Å². The molecule has 0 bridgehead atoms. The number of amides is 1. The van der Waals surface area contributed by atoms with E-state index in [1.165, 1.54) is 5.56 Å². The maximum Gasteiger partial charge on any atom is 0.267 e. The first kappa shape index (κ1) is 18.2. The van der Waals surface area contributed by atoms with Crippen LogP contribution in [-0.2, 0) is 4.79 Å². The fourth-order valence-electron chi connectivity index (χ4n) is 2.36. The standard InChI is InChI=1S/C20H19BrN2O3/c1-12-4-9-17(10-13(12)2)25-14(3)20(24)22-19-11-18(23-26-19)15-5-7-16(21)8-6-15/h4-11,14H,1-3H3,(H,22,24). The van der Waals surface area contributed by atoms with Gasteiger partial charge >= 0.3 is 0 Å². The number of hydrogen-bond donors (Lipinski definition) is 1. The Balaban J connectivity index is 1.64. The van der Waals surface area contributed by atoms with Crippen LogP contribution in [0, 0.1) is 13.8 Å². The number of aromatic nitrogens is 1. The molecule has 0 aliphatic rings. The molecule has 0 aliphatic carbocycles. The summed E-state index contributed by atoms with van der Waals surface area (Å²) in [4.78, 5) is 12.3. The summed E-state index contributed by atoms with van der Waals surface area (Å²) in [5.74, 6) is 0.633. The van der Waals surface area contributed by atoms with E-state index in [1.807, 2.05) is 56.3 Å². The molecule has 1 atom stereocenters. The molecule has 1 amide bonds. The van der Waals surface area contributed by atoms with E-state index < -0.39 is 6.10 Å². The van der Waals surface area contributed by atoms with E-state index in [1.54, 1.807) is 13.0 Å². The van der Waals surface area contributed by atoms with Gasteiger partial charge in [0, 0.05) is 16.1 Å². The van der Waals surface area contributed by atoms with Gasteiger partial charge in [-0.2, -0.15) is 0 Å². The van der Waals surface area contributed by atoms with Crippen molar-refractivity contribution >= 4 is 27.7 Å². The number of halogens is 1. The Kier molecular flexibility index (Phi) is 5.42. The van der Waals surface area contributed by atoms with Gasteiger partial charge in [0.25, 0.3) is 5.91 Å². The van der Waals surface area contributed by atoms with E-state index >= 15 is 0 Å². The number of carbonyl (C=O) groups excluding carboxylic acids is 1. The van der Waals surface area contributed by atoms with Crippen LogP contribution >= 0.6 is 15.9 Å². The van der Waals surface area contributed by atoms with E-state index in [9.17, 15) is 4.79 Å². The molecule has 1 heterocycles. The summed E-state index contributed by atoms with van der Waals surface area (Å²) in [7, 11) is 0. The SMILES string of the molecule is Cc1ccc(OC(C)C(=O)Nc2cc(-c3ccc(Br)cc3)no2)cc1C. The number of nitrogens with zero attached hydrogens (tertiary/aromatic N) is 1. The topological polar surface area (TPSA) is 64.4 Å². The van der Waals surface area contributed by atoms with Crippen LogP contribution in [0.4, 0.5) is 5.88 Å². The van der Waals surface area contributed by atoms with Crippen molar-refractivity contribution in [3.8, 4) is 17.0 Å². The average molecular weight is 415 g/mol. The van der Waals surface area contributed by atoms with Gasteiger partial charge in [-0.15, -0.1) is 0 Å². The predicted octanol–water partition coefficient (Wildman–Crippen LogP) is 5.13. The van der Waals surface area contributed by atoms with Gasteiger partial charge in [0.15, 0.2) is 6.10 Å². The maximum atomic E-state index is 12.3. The number of rotatable bonds is 5. The Bertz CT molecular complexity index is 919. The van der Waals surface area contributed by atoms with Gasteiger partial charge in [-0.05, 0) is 56.2 Å². The Morgan fingerprint density at radius 2 is 1.85 bits per heavy atom. The minimum atomic E-state index is -0.668. The Hall–Kier alpha value is -2.60. The minimum absolute atomic E-state index is 0.281. The highest BCUT2D eigenvalue weighted by atomic mass is 79.9. The molecule has 0 fully saturated rings. The molecular formula is C20H19BrN2O3. The number of anilines is 1. The molecule has 26 heavy (non-hydrogen) atoms. The van der Waals surface area contributed by atoms with Gasteiger partial charge in [-0.25, -0.2) is 0 Å². The van der Waals surface area contributed by atoms with Crippen LogP contribution in [0.2, 0.25) is 0 Å². The molecule has 0 spiro atoms. The van der Waals surface area contributed by atoms with E-state index in [2.05, 4.69) is 26.4 Å².